The Labute approximate surface area is 122 Å². The first-order valence-electron chi connectivity index (χ1n) is 6.30. The topological polar surface area (TPSA) is 59.6 Å². The number of benzene rings is 1. The van der Waals surface area contributed by atoms with Gasteiger partial charge in [0.25, 0.3) is 0 Å². The maximum atomic E-state index is 11.7. The Morgan fingerprint density at radius 3 is 2.05 bits per heavy atom. The lowest BCUT2D eigenvalue weighted by atomic mass is 10.1. The van der Waals surface area contributed by atoms with Crippen LogP contribution in [0.5, 0.6) is 0 Å². The molecule has 1 N–H and O–H groups in total. The highest BCUT2D eigenvalue weighted by molar-refractivity contribution is 6.06. The number of carbonyl (C=O) groups excluding carboxylic acids is 1. The van der Waals surface area contributed by atoms with Crippen LogP contribution in [0, 0.1) is 0 Å². The molecule has 0 aliphatic heterocycles. The minimum Gasteiger partial charge on any atom is -0.476 e. The Morgan fingerprint density at radius 1 is 0.952 bits per heavy atom. The summed E-state index contributed by atoms with van der Waals surface area (Å²) < 4.78 is 10.8. The van der Waals surface area contributed by atoms with Crippen molar-refractivity contribution >= 4 is 11.7 Å². The van der Waals surface area contributed by atoms with E-state index in [0.29, 0.717) is 0 Å². The third kappa shape index (κ3) is 3.20. The third-order valence-electron chi connectivity index (χ3n) is 2.97. The van der Waals surface area contributed by atoms with Crippen LogP contribution in [0.1, 0.15) is 0 Å². The molecule has 1 aromatic carbocycles. The third-order valence-corrected chi connectivity index (χ3v) is 2.97. The second-order valence-electron chi connectivity index (χ2n) is 4.21. The van der Waals surface area contributed by atoms with E-state index in [9.17, 15) is 9.90 Å². The number of nitrogens with zero attached hydrogens (tertiary/aromatic N) is 1. The number of aliphatic hydroxyl groups is 1. The fraction of sp³-hybridized carbons (Fsp3) is 0.125. The van der Waals surface area contributed by atoms with Crippen molar-refractivity contribution in [3.63, 3.8) is 0 Å². The molecule has 0 unspecified atom stereocenters. The molecule has 5 heteroatoms. The van der Waals surface area contributed by atoms with Gasteiger partial charge in [-0.1, -0.05) is 30.3 Å². The summed E-state index contributed by atoms with van der Waals surface area (Å²) in [4.78, 5) is 11.7. The van der Waals surface area contributed by atoms with Gasteiger partial charge in [0.1, 0.15) is 0 Å². The normalized spacial score (nSPS) is 11.5. The van der Waals surface area contributed by atoms with Gasteiger partial charge in [-0.15, -0.1) is 0 Å². The first-order chi connectivity index (χ1) is 10.2. The Hall–Kier alpha value is -2.82. The molecule has 21 heavy (non-hydrogen) atoms. The highest BCUT2D eigenvalue weighted by Crippen LogP contribution is 2.17. The summed E-state index contributed by atoms with van der Waals surface area (Å²) in [6.07, 6.45) is 3.31. The molecular weight excluding hydrogens is 270 g/mol. The van der Waals surface area contributed by atoms with E-state index >= 15 is 0 Å². The van der Waals surface area contributed by atoms with E-state index in [0.717, 1.165) is 11.1 Å². The van der Waals surface area contributed by atoms with Crippen LogP contribution in [0.25, 0.3) is 16.8 Å². The summed E-state index contributed by atoms with van der Waals surface area (Å²) in [5.41, 5.74) is 1.97. The van der Waals surface area contributed by atoms with E-state index in [-0.39, 0.29) is 5.70 Å². The minimum absolute atomic E-state index is 0.0837. The van der Waals surface area contributed by atoms with Crippen LogP contribution in [-0.4, -0.2) is 25.3 Å². The predicted octanol–water partition coefficient (Wildman–Crippen LogP) is 2.14. The Bertz CT molecular complexity index is 648. The molecule has 108 valence electrons. The van der Waals surface area contributed by atoms with Crippen molar-refractivity contribution in [2.45, 2.75) is 0 Å². The SMILES string of the molecule is COC(=O)/C(=C(\O)OC)[n+]1ccc(-c2ccccc2)cc1. The van der Waals surface area contributed by atoms with Gasteiger partial charge in [-0.25, -0.2) is 4.79 Å². The summed E-state index contributed by atoms with van der Waals surface area (Å²) in [7, 11) is 2.52. The van der Waals surface area contributed by atoms with Crippen molar-refractivity contribution in [3.8, 4) is 11.1 Å². The van der Waals surface area contributed by atoms with Gasteiger partial charge in [-0.3, -0.25) is 0 Å². The van der Waals surface area contributed by atoms with Gasteiger partial charge in [0.2, 0.25) is 0 Å². The summed E-state index contributed by atoms with van der Waals surface area (Å²) >= 11 is 0. The smallest absolute Gasteiger partial charge is 0.411 e. The van der Waals surface area contributed by atoms with E-state index in [2.05, 4.69) is 4.74 Å². The standard InChI is InChI=1S/C16H15NO4/c1-20-15(18)14(16(19)21-2)17-10-8-13(9-11-17)12-6-4-3-5-7-12/h3-11H,1-2H3/p+1. The van der Waals surface area contributed by atoms with Gasteiger partial charge in [-0.2, -0.15) is 4.57 Å². The van der Waals surface area contributed by atoms with E-state index < -0.39 is 11.9 Å². The van der Waals surface area contributed by atoms with Crippen LogP contribution in [-0.2, 0) is 14.3 Å². The Kier molecular flexibility index (Phi) is 4.56. The lowest BCUT2D eigenvalue weighted by Gasteiger charge is -2.04. The molecule has 0 amide bonds. The highest BCUT2D eigenvalue weighted by Gasteiger charge is 2.28. The maximum absolute atomic E-state index is 11.7. The van der Waals surface area contributed by atoms with Crippen LogP contribution in [0.15, 0.2) is 60.8 Å². The summed E-state index contributed by atoms with van der Waals surface area (Å²) in [5, 5.41) is 9.69. The molecule has 0 fully saturated rings. The van der Waals surface area contributed by atoms with Gasteiger partial charge in [-0.05, 0) is 11.1 Å². The van der Waals surface area contributed by atoms with Gasteiger partial charge >= 0.3 is 17.6 Å². The number of aromatic nitrogens is 1. The second-order valence-corrected chi connectivity index (χ2v) is 4.21. The van der Waals surface area contributed by atoms with Crippen molar-refractivity contribution in [3.05, 3.63) is 60.8 Å². The molecular formula is C16H16NO4+. The molecule has 0 aliphatic carbocycles. The molecule has 0 radical (unpaired) electrons. The molecule has 0 aliphatic rings. The first kappa shape index (κ1) is 14.6. The quantitative estimate of drug-likeness (QED) is 0.405. The Balaban J connectivity index is 2.40. The fourth-order valence-corrected chi connectivity index (χ4v) is 1.90. The number of hydrogen-bond donors (Lipinski definition) is 1. The monoisotopic (exact) mass is 286 g/mol. The van der Waals surface area contributed by atoms with Crippen molar-refractivity contribution in [1.29, 1.82) is 0 Å². The summed E-state index contributed by atoms with van der Waals surface area (Å²) in [6, 6.07) is 13.5. The number of hydrogen-bond acceptors (Lipinski definition) is 4. The zero-order valence-electron chi connectivity index (χ0n) is 11.8. The highest BCUT2D eigenvalue weighted by atomic mass is 16.6. The Morgan fingerprint density at radius 2 is 1.52 bits per heavy atom. The molecule has 1 heterocycles. The van der Waals surface area contributed by atoms with Crippen LogP contribution in [0.3, 0.4) is 0 Å². The average Bonchev–Trinajstić information content (AvgIpc) is 2.56. The molecule has 0 saturated heterocycles. The van der Waals surface area contributed by atoms with Crippen molar-refractivity contribution in [1.82, 2.24) is 0 Å². The number of ether oxygens (including phenoxy) is 2. The van der Waals surface area contributed by atoms with Gasteiger partial charge in [0.15, 0.2) is 12.4 Å². The number of aliphatic hydroxyl groups excluding tert-OH is 1. The lowest BCUT2D eigenvalue weighted by molar-refractivity contribution is -0.580. The number of carbonyl (C=O) groups is 1. The van der Waals surface area contributed by atoms with Crippen LogP contribution < -0.4 is 4.57 Å². The number of methoxy groups -OCH3 is 2. The van der Waals surface area contributed by atoms with Crippen molar-refractivity contribution in [2.75, 3.05) is 14.2 Å². The molecule has 0 saturated carbocycles. The molecule has 5 nitrogen and oxygen atoms in total. The van der Waals surface area contributed by atoms with Crippen LogP contribution in [0.4, 0.5) is 0 Å². The van der Waals surface area contributed by atoms with Gasteiger partial charge < -0.3 is 14.6 Å². The average molecular weight is 286 g/mol. The molecule has 2 rings (SSSR count). The fourth-order valence-electron chi connectivity index (χ4n) is 1.90. The number of pyridine rings is 1. The maximum Gasteiger partial charge on any atom is 0.411 e. The van der Waals surface area contributed by atoms with E-state index in [1.807, 2.05) is 42.5 Å². The van der Waals surface area contributed by atoms with E-state index in [1.54, 1.807) is 12.4 Å². The van der Waals surface area contributed by atoms with E-state index in [1.165, 1.54) is 18.8 Å². The van der Waals surface area contributed by atoms with Crippen molar-refractivity contribution in [2.24, 2.45) is 0 Å². The molecule has 1 aromatic heterocycles. The molecule has 0 spiro atoms. The summed E-state index contributed by atoms with van der Waals surface area (Å²) in [6.45, 7) is 0. The zero-order valence-corrected chi connectivity index (χ0v) is 11.8. The number of esters is 1. The van der Waals surface area contributed by atoms with Crippen LogP contribution >= 0.6 is 0 Å². The minimum atomic E-state index is -0.688. The largest absolute Gasteiger partial charge is 0.476 e. The zero-order chi connectivity index (χ0) is 15.2. The lowest BCUT2D eigenvalue weighted by Crippen LogP contribution is -2.37. The summed E-state index contributed by atoms with van der Waals surface area (Å²) in [5.74, 6) is -1.19. The number of rotatable bonds is 4. The molecule has 0 atom stereocenters. The first-order valence-corrected chi connectivity index (χ1v) is 6.30. The van der Waals surface area contributed by atoms with Crippen LogP contribution in [0.2, 0.25) is 0 Å². The molecule has 2 aromatic rings. The second kappa shape index (κ2) is 6.56. The molecule has 0 bridgehead atoms. The van der Waals surface area contributed by atoms with Gasteiger partial charge in [0, 0.05) is 12.1 Å². The van der Waals surface area contributed by atoms with Gasteiger partial charge in [0.05, 0.1) is 14.2 Å². The van der Waals surface area contributed by atoms with E-state index in [4.69, 9.17) is 4.74 Å². The predicted molar refractivity (Wildman–Crippen MR) is 76.9 cm³/mol. The van der Waals surface area contributed by atoms with Crippen molar-refractivity contribution < 1.29 is 23.9 Å².